The molecule has 8 heteroatoms. The summed E-state index contributed by atoms with van der Waals surface area (Å²) < 4.78 is 17.0. The number of hydrogen-bond donors (Lipinski definition) is 1. The van der Waals surface area contributed by atoms with Crippen LogP contribution in [0.5, 0.6) is 11.5 Å². The molecule has 186 valence electrons. The van der Waals surface area contributed by atoms with Crippen molar-refractivity contribution in [3.8, 4) is 11.5 Å². The fourth-order valence-electron chi connectivity index (χ4n) is 3.66. The zero-order valence-electron chi connectivity index (χ0n) is 19.9. The summed E-state index contributed by atoms with van der Waals surface area (Å²) in [5.41, 5.74) is 1.35. The second-order valence-electron chi connectivity index (χ2n) is 8.01. The van der Waals surface area contributed by atoms with E-state index in [1.165, 1.54) is 12.1 Å². The van der Waals surface area contributed by atoms with Gasteiger partial charge in [-0.1, -0.05) is 48.7 Å². The summed E-state index contributed by atoms with van der Waals surface area (Å²) >= 11 is 12.7. The number of ketones is 1. The lowest BCUT2D eigenvalue weighted by molar-refractivity contribution is 0.101. The van der Waals surface area contributed by atoms with Crippen LogP contribution in [0.25, 0.3) is 11.0 Å². The van der Waals surface area contributed by atoms with E-state index in [9.17, 15) is 9.59 Å². The highest BCUT2D eigenvalue weighted by atomic mass is 35.5. The van der Waals surface area contributed by atoms with Crippen LogP contribution in [0.3, 0.4) is 0 Å². The van der Waals surface area contributed by atoms with Gasteiger partial charge in [-0.3, -0.25) is 9.59 Å². The topological polar surface area (TPSA) is 77.8 Å². The van der Waals surface area contributed by atoms with Crippen LogP contribution >= 0.6 is 23.2 Å². The van der Waals surface area contributed by atoms with Crippen molar-refractivity contribution >= 4 is 51.5 Å². The van der Waals surface area contributed by atoms with E-state index >= 15 is 0 Å². The molecule has 6 nitrogen and oxygen atoms in total. The SMILES string of the molecule is CCCCOc1c(Cl)cc(C(=O)Nc2c(C(=O)c3ccc(OCC)cc3)oc3ccccc23)cc1Cl. The Morgan fingerprint density at radius 2 is 1.61 bits per heavy atom. The zero-order valence-corrected chi connectivity index (χ0v) is 21.4. The number of para-hydroxylation sites is 1. The number of furan rings is 1. The van der Waals surface area contributed by atoms with Crippen molar-refractivity contribution in [3.63, 3.8) is 0 Å². The van der Waals surface area contributed by atoms with Crippen LogP contribution in [0.15, 0.2) is 65.1 Å². The van der Waals surface area contributed by atoms with E-state index in [2.05, 4.69) is 12.2 Å². The van der Waals surface area contributed by atoms with Crippen molar-refractivity contribution in [1.29, 1.82) is 0 Å². The van der Waals surface area contributed by atoms with Crippen LogP contribution in [0.2, 0.25) is 10.0 Å². The van der Waals surface area contributed by atoms with Gasteiger partial charge in [0.1, 0.15) is 11.3 Å². The summed E-state index contributed by atoms with van der Waals surface area (Å²) in [6.07, 6.45) is 1.82. The van der Waals surface area contributed by atoms with Crippen LogP contribution in [-0.4, -0.2) is 24.9 Å². The molecule has 0 saturated carbocycles. The summed E-state index contributed by atoms with van der Waals surface area (Å²) in [6, 6.07) is 16.8. The molecular weight excluding hydrogens is 501 g/mol. The largest absolute Gasteiger partial charge is 0.494 e. The Kier molecular flexibility index (Phi) is 8.18. The van der Waals surface area contributed by atoms with Crippen molar-refractivity contribution in [2.45, 2.75) is 26.7 Å². The van der Waals surface area contributed by atoms with E-state index in [1.54, 1.807) is 48.5 Å². The predicted octanol–water partition coefficient (Wildman–Crippen LogP) is 7.80. The maximum Gasteiger partial charge on any atom is 0.255 e. The number of amides is 1. The van der Waals surface area contributed by atoms with Crippen LogP contribution in [0, 0.1) is 0 Å². The minimum atomic E-state index is -0.494. The van der Waals surface area contributed by atoms with Crippen LogP contribution in [-0.2, 0) is 0 Å². The molecule has 0 bridgehead atoms. The number of carbonyl (C=O) groups is 2. The Bertz CT molecular complexity index is 1370. The van der Waals surface area contributed by atoms with E-state index in [1.807, 2.05) is 6.92 Å². The zero-order chi connectivity index (χ0) is 25.7. The van der Waals surface area contributed by atoms with Crippen molar-refractivity contribution in [2.75, 3.05) is 18.5 Å². The lowest BCUT2D eigenvalue weighted by Gasteiger charge is -2.12. The minimum Gasteiger partial charge on any atom is -0.494 e. The van der Waals surface area contributed by atoms with Crippen molar-refractivity contribution < 1.29 is 23.5 Å². The summed E-state index contributed by atoms with van der Waals surface area (Å²) in [5.74, 6) is 0.142. The highest BCUT2D eigenvalue weighted by molar-refractivity contribution is 6.38. The van der Waals surface area contributed by atoms with E-state index < -0.39 is 5.91 Å². The van der Waals surface area contributed by atoms with Crippen molar-refractivity contribution in [3.05, 3.63) is 87.6 Å². The fraction of sp³-hybridized carbons (Fsp3) is 0.214. The van der Waals surface area contributed by atoms with E-state index in [0.717, 1.165) is 12.8 Å². The Morgan fingerprint density at radius 1 is 0.917 bits per heavy atom. The standard InChI is InChI=1S/C28H25Cl2NO5/c1-3-5-14-35-26-21(29)15-18(16-22(26)30)28(33)31-24-20-8-6-7-9-23(20)36-27(24)25(32)17-10-12-19(13-11-17)34-4-2/h6-13,15-16H,3-5,14H2,1-2H3,(H,31,33). The molecule has 0 atom stereocenters. The van der Waals surface area contributed by atoms with E-state index in [-0.39, 0.29) is 32.8 Å². The number of nitrogens with one attached hydrogen (secondary N) is 1. The number of hydrogen-bond acceptors (Lipinski definition) is 5. The summed E-state index contributed by atoms with van der Waals surface area (Å²) in [4.78, 5) is 26.6. The summed E-state index contributed by atoms with van der Waals surface area (Å²) in [5, 5.41) is 3.87. The van der Waals surface area contributed by atoms with Gasteiger partial charge in [-0.05, 0) is 61.9 Å². The monoisotopic (exact) mass is 525 g/mol. The third-order valence-corrected chi connectivity index (χ3v) is 6.03. The van der Waals surface area contributed by atoms with Gasteiger partial charge in [-0.25, -0.2) is 0 Å². The van der Waals surface area contributed by atoms with Gasteiger partial charge in [0.2, 0.25) is 5.78 Å². The minimum absolute atomic E-state index is 0.0189. The number of benzene rings is 3. The van der Waals surface area contributed by atoms with E-state index in [4.69, 9.17) is 37.1 Å². The molecule has 1 heterocycles. The second-order valence-corrected chi connectivity index (χ2v) is 8.83. The van der Waals surface area contributed by atoms with Gasteiger partial charge in [0.15, 0.2) is 11.5 Å². The molecule has 0 aliphatic heterocycles. The molecule has 4 rings (SSSR count). The molecule has 0 saturated heterocycles. The number of ether oxygens (including phenoxy) is 2. The van der Waals surface area contributed by atoms with Gasteiger partial charge in [-0.15, -0.1) is 0 Å². The molecule has 1 amide bonds. The number of fused-ring (bicyclic) bond motifs is 1. The molecule has 1 N–H and O–H groups in total. The van der Waals surface area contributed by atoms with Crippen LogP contribution in [0.1, 0.15) is 53.2 Å². The number of rotatable bonds is 10. The highest BCUT2D eigenvalue weighted by Crippen LogP contribution is 2.36. The molecule has 0 unspecified atom stereocenters. The second kappa shape index (κ2) is 11.5. The average Bonchev–Trinajstić information content (AvgIpc) is 3.24. The van der Waals surface area contributed by atoms with Gasteiger partial charge >= 0.3 is 0 Å². The maximum absolute atomic E-state index is 13.4. The summed E-state index contributed by atoms with van der Waals surface area (Å²) in [6.45, 7) is 4.93. The molecule has 0 aliphatic rings. The van der Waals surface area contributed by atoms with Gasteiger partial charge in [0, 0.05) is 16.5 Å². The lowest BCUT2D eigenvalue weighted by atomic mass is 10.1. The number of halogens is 2. The van der Waals surface area contributed by atoms with Crippen molar-refractivity contribution in [1.82, 2.24) is 0 Å². The fourth-order valence-corrected chi connectivity index (χ4v) is 4.26. The number of carbonyl (C=O) groups excluding carboxylic acids is 2. The quantitative estimate of drug-likeness (QED) is 0.169. The number of unbranched alkanes of at least 4 members (excludes halogenated alkanes) is 1. The average molecular weight is 526 g/mol. The first-order chi connectivity index (χ1) is 17.4. The normalized spacial score (nSPS) is 10.9. The van der Waals surface area contributed by atoms with Gasteiger partial charge in [0.05, 0.1) is 28.9 Å². The van der Waals surface area contributed by atoms with Crippen molar-refractivity contribution in [2.24, 2.45) is 0 Å². The molecule has 0 spiro atoms. The van der Waals surface area contributed by atoms with Gasteiger partial charge < -0.3 is 19.2 Å². The number of anilines is 1. The molecule has 0 radical (unpaired) electrons. The molecule has 1 aromatic heterocycles. The third-order valence-electron chi connectivity index (χ3n) is 5.47. The lowest BCUT2D eigenvalue weighted by Crippen LogP contribution is -2.14. The molecule has 3 aromatic carbocycles. The molecule has 36 heavy (non-hydrogen) atoms. The van der Waals surface area contributed by atoms with Crippen LogP contribution in [0.4, 0.5) is 5.69 Å². The van der Waals surface area contributed by atoms with E-state index in [0.29, 0.717) is 41.2 Å². The highest BCUT2D eigenvalue weighted by Gasteiger charge is 2.24. The molecule has 0 aliphatic carbocycles. The summed E-state index contributed by atoms with van der Waals surface area (Å²) in [7, 11) is 0. The van der Waals surface area contributed by atoms with Gasteiger partial charge in [-0.2, -0.15) is 0 Å². The Labute approximate surface area is 219 Å². The predicted molar refractivity (Wildman–Crippen MR) is 142 cm³/mol. The smallest absolute Gasteiger partial charge is 0.255 e. The van der Waals surface area contributed by atoms with Crippen LogP contribution < -0.4 is 14.8 Å². The maximum atomic E-state index is 13.4. The Balaban J connectivity index is 1.65. The first kappa shape index (κ1) is 25.6. The molecular formula is C28H25Cl2NO5. The van der Waals surface area contributed by atoms with Gasteiger partial charge in [0.25, 0.3) is 5.91 Å². The first-order valence-corrected chi connectivity index (χ1v) is 12.4. The Hall–Kier alpha value is -3.48. The molecule has 4 aromatic rings. The Morgan fingerprint density at radius 3 is 2.28 bits per heavy atom. The molecule has 0 fully saturated rings. The third kappa shape index (κ3) is 5.50. The first-order valence-electron chi connectivity index (χ1n) is 11.6.